The van der Waals surface area contributed by atoms with Gasteiger partial charge in [0.15, 0.2) is 0 Å². The molecule has 0 aliphatic rings. The maximum absolute atomic E-state index is 11.3. The van der Waals surface area contributed by atoms with Crippen molar-refractivity contribution in [1.82, 2.24) is 0 Å². The first-order valence-electron chi connectivity index (χ1n) is 6.26. The summed E-state index contributed by atoms with van der Waals surface area (Å²) in [6.45, 7) is 6.96. The monoisotopic (exact) mass is 276 g/mol. The topological polar surface area (TPSA) is 63.6 Å². The Morgan fingerprint density at radius 1 is 1.17 bits per heavy atom. The number of carboxylic acid groups (broad SMARTS) is 1. The number of hydrogen-bond donors (Lipinski definition) is 1. The van der Waals surface area contributed by atoms with Crippen molar-refractivity contribution >= 4 is 23.7 Å². The SMILES string of the molecule is CC(C)(C)CCCOC(=O)CCSCCC(=O)O. The molecule has 106 valence electrons. The number of carbonyl (C=O) groups excluding carboxylic acids is 1. The summed E-state index contributed by atoms with van der Waals surface area (Å²) in [6, 6.07) is 0. The predicted octanol–water partition coefficient (Wildman–Crippen LogP) is 2.95. The minimum atomic E-state index is -0.799. The third-order valence-corrected chi connectivity index (χ3v) is 3.23. The second kappa shape index (κ2) is 9.25. The molecule has 0 fully saturated rings. The molecule has 0 rings (SSSR count). The summed E-state index contributed by atoms with van der Waals surface area (Å²) in [7, 11) is 0. The molecule has 0 atom stereocenters. The van der Waals surface area contributed by atoms with E-state index in [4.69, 9.17) is 9.84 Å². The van der Waals surface area contributed by atoms with Gasteiger partial charge in [0.2, 0.25) is 0 Å². The number of carbonyl (C=O) groups is 2. The zero-order valence-electron chi connectivity index (χ0n) is 11.5. The lowest BCUT2D eigenvalue weighted by Crippen LogP contribution is -2.10. The Kier molecular flexibility index (Phi) is 8.89. The van der Waals surface area contributed by atoms with E-state index < -0.39 is 5.97 Å². The maximum Gasteiger partial charge on any atom is 0.306 e. The van der Waals surface area contributed by atoms with Gasteiger partial charge in [0.25, 0.3) is 0 Å². The fraction of sp³-hybridized carbons (Fsp3) is 0.846. The van der Waals surface area contributed by atoms with Crippen LogP contribution in [0.3, 0.4) is 0 Å². The highest BCUT2D eigenvalue weighted by Gasteiger charge is 2.10. The van der Waals surface area contributed by atoms with Gasteiger partial charge in [0.1, 0.15) is 0 Å². The molecule has 0 aromatic rings. The molecule has 0 saturated carbocycles. The van der Waals surface area contributed by atoms with E-state index in [9.17, 15) is 9.59 Å². The maximum atomic E-state index is 11.3. The molecule has 0 unspecified atom stereocenters. The molecule has 4 nitrogen and oxygen atoms in total. The van der Waals surface area contributed by atoms with E-state index in [-0.39, 0.29) is 17.8 Å². The van der Waals surface area contributed by atoms with Crippen LogP contribution in [0.2, 0.25) is 0 Å². The highest BCUT2D eigenvalue weighted by atomic mass is 32.2. The lowest BCUT2D eigenvalue weighted by Gasteiger charge is -2.17. The van der Waals surface area contributed by atoms with Crippen molar-refractivity contribution in [2.45, 2.75) is 46.5 Å². The average Bonchev–Trinajstić information content (AvgIpc) is 2.22. The largest absolute Gasteiger partial charge is 0.481 e. The molecule has 0 saturated heterocycles. The Morgan fingerprint density at radius 3 is 2.33 bits per heavy atom. The van der Waals surface area contributed by atoms with E-state index >= 15 is 0 Å². The molecule has 1 N–H and O–H groups in total. The van der Waals surface area contributed by atoms with Crippen molar-refractivity contribution in [3.05, 3.63) is 0 Å². The van der Waals surface area contributed by atoms with Crippen LogP contribution in [0.4, 0.5) is 0 Å². The summed E-state index contributed by atoms with van der Waals surface area (Å²) < 4.78 is 5.10. The van der Waals surface area contributed by atoms with E-state index in [1.54, 1.807) is 0 Å². The first-order valence-corrected chi connectivity index (χ1v) is 7.42. The molecule has 0 bridgehead atoms. The second-order valence-corrected chi connectivity index (χ2v) is 6.62. The zero-order chi connectivity index (χ0) is 14.0. The minimum Gasteiger partial charge on any atom is -0.481 e. The molecule has 0 spiro atoms. The molecular formula is C13H24O4S. The second-order valence-electron chi connectivity index (χ2n) is 5.39. The Balaban J connectivity index is 3.35. The molecule has 0 heterocycles. The molecule has 0 aromatic carbocycles. The van der Waals surface area contributed by atoms with Gasteiger partial charge in [-0.1, -0.05) is 20.8 Å². The van der Waals surface area contributed by atoms with E-state index in [2.05, 4.69) is 20.8 Å². The summed E-state index contributed by atoms with van der Waals surface area (Å²) in [4.78, 5) is 21.6. The normalized spacial score (nSPS) is 11.3. The number of aliphatic carboxylic acids is 1. The summed E-state index contributed by atoms with van der Waals surface area (Å²) in [5, 5.41) is 8.43. The van der Waals surface area contributed by atoms with Crippen LogP contribution in [0.1, 0.15) is 46.5 Å². The van der Waals surface area contributed by atoms with Crippen LogP contribution in [-0.2, 0) is 14.3 Å². The Bertz CT molecular complexity index is 258. The van der Waals surface area contributed by atoms with Crippen LogP contribution in [0.25, 0.3) is 0 Å². The van der Waals surface area contributed by atoms with Crippen LogP contribution in [0.15, 0.2) is 0 Å². The average molecular weight is 276 g/mol. The summed E-state index contributed by atoms with van der Waals surface area (Å²) in [5.41, 5.74) is 0.277. The molecule has 0 aliphatic carbocycles. The van der Waals surface area contributed by atoms with E-state index in [0.29, 0.717) is 24.5 Å². The van der Waals surface area contributed by atoms with Crippen molar-refractivity contribution in [1.29, 1.82) is 0 Å². The van der Waals surface area contributed by atoms with Gasteiger partial charge in [0.05, 0.1) is 19.4 Å². The van der Waals surface area contributed by atoms with E-state index in [0.717, 1.165) is 12.8 Å². The molecule has 0 radical (unpaired) electrons. The Hall–Kier alpha value is -0.710. The zero-order valence-corrected chi connectivity index (χ0v) is 12.3. The number of ether oxygens (including phenoxy) is 1. The first-order chi connectivity index (χ1) is 8.31. The smallest absolute Gasteiger partial charge is 0.306 e. The van der Waals surface area contributed by atoms with Crippen LogP contribution < -0.4 is 0 Å². The van der Waals surface area contributed by atoms with Crippen LogP contribution in [0, 0.1) is 5.41 Å². The first kappa shape index (κ1) is 17.3. The number of thioether (sulfide) groups is 1. The quantitative estimate of drug-likeness (QED) is 0.518. The van der Waals surface area contributed by atoms with Gasteiger partial charge < -0.3 is 9.84 Å². The third-order valence-electron chi connectivity index (χ3n) is 2.24. The lowest BCUT2D eigenvalue weighted by molar-refractivity contribution is -0.143. The molecule has 18 heavy (non-hydrogen) atoms. The number of carboxylic acids is 1. The van der Waals surface area contributed by atoms with Crippen molar-refractivity contribution in [2.75, 3.05) is 18.1 Å². The third kappa shape index (κ3) is 13.4. The number of hydrogen-bond acceptors (Lipinski definition) is 4. The van der Waals surface area contributed by atoms with Crippen molar-refractivity contribution < 1.29 is 19.4 Å². The number of esters is 1. The van der Waals surface area contributed by atoms with Crippen LogP contribution in [-0.4, -0.2) is 35.2 Å². The lowest BCUT2D eigenvalue weighted by atomic mass is 9.91. The van der Waals surface area contributed by atoms with Gasteiger partial charge in [-0.05, 0) is 18.3 Å². The molecular weight excluding hydrogens is 252 g/mol. The Morgan fingerprint density at radius 2 is 1.78 bits per heavy atom. The fourth-order valence-electron chi connectivity index (χ4n) is 1.28. The van der Waals surface area contributed by atoms with Crippen molar-refractivity contribution in [2.24, 2.45) is 5.41 Å². The van der Waals surface area contributed by atoms with Gasteiger partial charge in [-0.2, -0.15) is 11.8 Å². The van der Waals surface area contributed by atoms with Crippen LogP contribution in [0.5, 0.6) is 0 Å². The van der Waals surface area contributed by atoms with Crippen molar-refractivity contribution in [3.8, 4) is 0 Å². The van der Waals surface area contributed by atoms with Crippen molar-refractivity contribution in [3.63, 3.8) is 0 Å². The van der Waals surface area contributed by atoms with Gasteiger partial charge in [0, 0.05) is 11.5 Å². The van der Waals surface area contributed by atoms with Gasteiger partial charge in [-0.25, -0.2) is 0 Å². The van der Waals surface area contributed by atoms with E-state index in [1.807, 2.05) is 0 Å². The van der Waals surface area contributed by atoms with Gasteiger partial charge in [-0.15, -0.1) is 0 Å². The summed E-state index contributed by atoms with van der Waals surface area (Å²) in [6.07, 6.45) is 2.43. The standard InChI is InChI=1S/C13H24O4S/c1-13(2,3)7-4-8-17-12(16)6-10-18-9-5-11(14)15/h4-10H2,1-3H3,(H,14,15). The van der Waals surface area contributed by atoms with E-state index in [1.165, 1.54) is 11.8 Å². The highest BCUT2D eigenvalue weighted by molar-refractivity contribution is 7.99. The molecule has 0 aliphatic heterocycles. The molecule has 0 aromatic heterocycles. The molecule has 0 amide bonds. The van der Waals surface area contributed by atoms with Crippen LogP contribution >= 0.6 is 11.8 Å². The minimum absolute atomic E-state index is 0.144. The molecule has 5 heteroatoms. The predicted molar refractivity (Wildman–Crippen MR) is 73.8 cm³/mol. The van der Waals surface area contributed by atoms with Gasteiger partial charge in [-0.3, -0.25) is 9.59 Å². The summed E-state index contributed by atoms with van der Waals surface area (Å²) >= 11 is 1.47. The Labute approximate surface area is 113 Å². The fourth-order valence-corrected chi connectivity index (χ4v) is 2.11. The highest BCUT2D eigenvalue weighted by Crippen LogP contribution is 2.20. The van der Waals surface area contributed by atoms with Gasteiger partial charge >= 0.3 is 11.9 Å². The number of rotatable bonds is 9. The summed E-state index contributed by atoms with van der Waals surface area (Å²) in [5.74, 6) is 0.192.